The van der Waals surface area contributed by atoms with Gasteiger partial charge in [0.2, 0.25) is 5.91 Å². The second-order valence-corrected chi connectivity index (χ2v) is 6.43. The number of halogens is 1. The summed E-state index contributed by atoms with van der Waals surface area (Å²) in [7, 11) is 1.36. The number of carboxylic acid groups (broad SMARTS) is 1. The van der Waals surface area contributed by atoms with E-state index in [1.54, 1.807) is 24.3 Å². The van der Waals surface area contributed by atoms with Crippen LogP contribution in [0.2, 0.25) is 0 Å². The van der Waals surface area contributed by atoms with Gasteiger partial charge >= 0.3 is 5.97 Å². The van der Waals surface area contributed by atoms with Crippen molar-refractivity contribution in [2.45, 2.75) is 24.9 Å². The van der Waals surface area contributed by atoms with Crippen LogP contribution in [0.5, 0.6) is 0 Å². The minimum absolute atomic E-state index is 0.131. The van der Waals surface area contributed by atoms with Crippen LogP contribution < -0.4 is 5.32 Å². The van der Waals surface area contributed by atoms with E-state index in [1.807, 2.05) is 0 Å². The van der Waals surface area contributed by atoms with Crippen molar-refractivity contribution in [2.24, 2.45) is 0 Å². The van der Waals surface area contributed by atoms with E-state index >= 15 is 0 Å². The van der Waals surface area contributed by atoms with E-state index in [0.717, 1.165) is 4.47 Å². The number of benzene rings is 1. The van der Waals surface area contributed by atoms with Crippen molar-refractivity contribution in [3.8, 4) is 0 Å². The third-order valence-electron chi connectivity index (χ3n) is 3.86. The minimum Gasteiger partial charge on any atom is -0.480 e. The SMILES string of the molecule is COCC(NC(=O)C1CCCN1C(=O)c1ccc(Br)cc1)C(=O)O. The van der Waals surface area contributed by atoms with Gasteiger partial charge in [-0.3, -0.25) is 9.59 Å². The minimum atomic E-state index is -1.17. The molecule has 8 heteroatoms. The number of nitrogens with zero attached hydrogens (tertiary/aromatic N) is 1. The lowest BCUT2D eigenvalue weighted by molar-refractivity contribution is -0.143. The Bertz CT molecular complexity index is 619. The second-order valence-electron chi connectivity index (χ2n) is 5.52. The molecule has 0 saturated carbocycles. The standard InChI is InChI=1S/C16H19BrN2O5/c1-24-9-12(16(22)23)18-14(20)13-3-2-8-19(13)15(21)10-4-6-11(17)7-5-10/h4-7,12-13H,2-3,8-9H2,1H3,(H,18,20)(H,22,23). The van der Waals surface area contributed by atoms with E-state index < -0.39 is 24.0 Å². The third-order valence-corrected chi connectivity index (χ3v) is 4.38. The average molecular weight is 399 g/mol. The van der Waals surface area contributed by atoms with Crippen LogP contribution in [-0.4, -0.2) is 60.1 Å². The molecule has 24 heavy (non-hydrogen) atoms. The van der Waals surface area contributed by atoms with Gasteiger partial charge in [0.25, 0.3) is 5.91 Å². The highest BCUT2D eigenvalue weighted by Crippen LogP contribution is 2.21. The molecule has 0 spiro atoms. The lowest BCUT2D eigenvalue weighted by atomic mass is 10.1. The van der Waals surface area contributed by atoms with Gasteiger partial charge in [-0.2, -0.15) is 0 Å². The fourth-order valence-corrected chi connectivity index (χ4v) is 2.91. The number of rotatable bonds is 6. The lowest BCUT2D eigenvalue weighted by Crippen LogP contribution is -2.52. The van der Waals surface area contributed by atoms with Crippen molar-refractivity contribution >= 4 is 33.7 Å². The number of hydrogen-bond acceptors (Lipinski definition) is 4. The van der Waals surface area contributed by atoms with Crippen LogP contribution in [-0.2, 0) is 14.3 Å². The van der Waals surface area contributed by atoms with Gasteiger partial charge in [0.15, 0.2) is 6.04 Å². The Kier molecular flexibility index (Phi) is 6.33. The van der Waals surface area contributed by atoms with Crippen LogP contribution in [0.25, 0.3) is 0 Å². The van der Waals surface area contributed by atoms with Crippen LogP contribution in [0.1, 0.15) is 23.2 Å². The Balaban J connectivity index is 2.08. The summed E-state index contributed by atoms with van der Waals surface area (Å²) in [6.07, 6.45) is 1.20. The molecule has 2 rings (SSSR count). The van der Waals surface area contributed by atoms with E-state index in [0.29, 0.717) is 24.9 Å². The van der Waals surface area contributed by atoms with Crippen LogP contribution >= 0.6 is 15.9 Å². The molecule has 1 fully saturated rings. The summed E-state index contributed by atoms with van der Waals surface area (Å²) in [4.78, 5) is 37.6. The van der Waals surface area contributed by atoms with Gasteiger partial charge in [-0.15, -0.1) is 0 Å². The van der Waals surface area contributed by atoms with E-state index in [9.17, 15) is 14.4 Å². The highest BCUT2D eigenvalue weighted by Gasteiger charge is 2.36. The Morgan fingerprint density at radius 3 is 2.62 bits per heavy atom. The first-order valence-electron chi connectivity index (χ1n) is 7.52. The molecule has 0 aromatic heterocycles. The number of carboxylic acids is 1. The normalized spacial score (nSPS) is 18.2. The Morgan fingerprint density at radius 1 is 1.38 bits per heavy atom. The molecule has 1 aliphatic rings. The molecule has 1 saturated heterocycles. The molecule has 1 aromatic rings. The summed E-state index contributed by atoms with van der Waals surface area (Å²) in [5.74, 6) is -1.88. The average Bonchev–Trinajstić information content (AvgIpc) is 3.04. The molecule has 2 unspecified atom stereocenters. The van der Waals surface area contributed by atoms with E-state index in [2.05, 4.69) is 21.2 Å². The number of nitrogens with one attached hydrogen (secondary N) is 1. The topological polar surface area (TPSA) is 95.9 Å². The van der Waals surface area contributed by atoms with Gasteiger partial charge in [-0.1, -0.05) is 15.9 Å². The molecule has 2 atom stereocenters. The van der Waals surface area contributed by atoms with E-state index in [4.69, 9.17) is 9.84 Å². The maximum Gasteiger partial charge on any atom is 0.328 e. The van der Waals surface area contributed by atoms with Gasteiger partial charge in [-0.25, -0.2) is 4.79 Å². The Hall–Kier alpha value is -1.93. The van der Waals surface area contributed by atoms with Crippen LogP contribution in [0, 0.1) is 0 Å². The zero-order valence-electron chi connectivity index (χ0n) is 13.2. The number of hydrogen-bond donors (Lipinski definition) is 2. The van der Waals surface area contributed by atoms with Crippen molar-refractivity contribution in [1.82, 2.24) is 10.2 Å². The summed E-state index contributed by atoms with van der Waals surface area (Å²) in [5.41, 5.74) is 0.490. The quantitative estimate of drug-likeness (QED) is 0.751. The van der Waals surface area contributed by atoms with Crippen molar-refractivity contribution in [3.05, 3.63) is 34.3 Å². The summed E-state index contributed by atoms with van der Waals surface area (Å²) in [6.45, 7) is 0.337. The molecule has 7 nitrogen and oxygen atoms in total. The number of carbonyl (C=O) groups excluding carboxylic acids is 2. The van der Waals surface area contributed by atoms with Crippen molar-refractivity contribution in [2.75, 3.05) is 20.3 Å². The summed E-state index contributed by atoms with van der Waals surface area (Å²) < 4.78 is 5.66. The Labute approximate surface area is 148 Å². The zero-order chi connectivity index (χ0) is 17.7. The van der Waals surface area contributed by atoms with Crippen molar-refractivity contribution in [1.29, 1.82) is 0 Å². The summed E-state index contributed by atoms with van der Waals surface area (Å²) in [6, 6.07) is 5.09. The predicted octanol–water partition coefficient (Wildman–Crippen LogP) is 1.27. The van der Waals surface area contributed by atoms with Gasteiger partial charge < -0.3 is 20.1 Å². The smallest absolute Gasteiger partial charge is 0.328 e. The summed E-state index contributed by atoms with van der Waals surface area (Å²) >= 11 is 3.31. The second kappa shape index (κ2) is 8.25. The molecule has 130 valence electrons. The molecule has 0 radical (unpaired) electrons. The first-order chi connectivity index (χ1) is 11.4. The van der Waals surface area contributed by atoms with Gasteiger partial charge in [-0.05, 0) is 37.1 Å². The highest BCUT2D eigenvalue weighted by atomic mass is 79.9. The fraction of sp³-hybridized carbons (Fsp3) is 0.438. The van der Waals surface area contributed by atoms with Crippen molar-refractivity contribution in [3.63, 3.8) is 0 Å². The number of ether oxygens (including phenoxy) is 1. The molecule has 1 heterocycles. The number of aliphatic carboxylic acids is 1. The van der Waals surface area contributed by atoms with Crippen LogP contribution in [0.15, 0.2) is 28.7 Å². The van der Waals surface area contributed by atoms with E-state index in [1.165, 1.54) is 12.0 Å². The molecular weight excluding hydrogens is 380 g/mol. The first kappa shape index (κ1) is 18.4. The molecule has 0 bridgehead atoms. The van der Waals surface area contributed by atoms with Crippen LogP contribution in [0.4, 0.5) is 0 Å². The molecule has 1 aliphatic heterocycles. The number of carbonyl (C=O) groups is 3. The lowest BCUT2D eigenvalue weighted by Gasteiger charge is -2.25. The zero-order valence-corrected chi connectivity index (χ0v) is 14.8. The molecule has 2 N–H and O–H groups in total. The van der Waals surface area contributed by atoms with Crippen molar-refractivity contribution < 1.29 is 24.2 Å². The number of amides is 2. The maximum atomic E-state index is 12.6. The molecular formula is C16H19BrN2O5. The van der Waals surface area contributed by atoms with Gasteiger partial charge in [0, 0.05) is 23.7 Å². The van der Waals surface area contributed by atoms with Gasteiger partial charge in [0.1, 0.15) is 6.04 Å². The first-order valence-corrected chi connectivity index (χ1v) is 8.32. The maximum absolute atomic E-state index is 12.6. The number of likely N-dealkylation sites (tertiary alicyclic amines) is 1. The predicted molar refractivity (Wildman–Crippen MR) is 89.6 cm³/mol. The highest BCUT2D eigenvalue weighted by molar-refractivity contribution is 9.10. The van der Waals surface area contributed by atoms with E-state index in [-0.39, 0.29) is 12.5 Å². The monoisotopic (exact) mass is 398 g/mol. The summed E-state index contributed by atoms with van der Waals surface area (Å²) in [5, 5.41) is 11.5. The fourth-order valence-electron chi connectivity index (χ4n) is 2.65. The Morgan fingerprint density at radius 2 is 2.04 bits per heavy atom. The molecule has 1 aromatic carbocycles. The van der Waals surface area contributed by atoms with Crippen LogP contribution in [0.3, 0.4) is 0 Å². The van der Waals surface area contributed by atoms with Gasteiger partial charge in [0.05, 0.1) is 6.61 Å². The number of methoxy groups -OCH3 is 1. The third kappa shape index (κ3) is 4.33. The molecule has 0 aliphatic carbocycles. The largest absolute Gasteiger partial charge is 0.480 e. The molecule has 2 amide bonds.